The molecule has 0 aliphatic carbocycles. The molecule has 0 N–H and O–H groups in total. The molecule has 0 atom stereocenters. The van der Waals surface area contributed by atoms with E-state index in [0.717, 1.165) is 5.69 Å². The summed E-state index contributed by atoms with van der Waals surface area (Å²) < 4.78 is 0. The van der Waals surface area contributed by atoms with Gasteiger partial charge in [0.15, 0.2) is 0 Å². The van der Waals surface area contributed by atoms with Gasteiger partial charge in [-0.15, -0.1) is 0 Å². The fourth-order valence-corrected chi connectivity index (χ4v) is 2.37. The van der Waals surface area contributed by atoms with Crippen LogP contribution in [-0.2, 0) is 0 Å². The summed E-state index contributed by atoms with van der Waals surface area (Å²) in [5.41, 5.74) is 3.62. The molecule has 19 heavy (non-hydrogen) atoms. The molecule has 0 aliphatic rings. The van der Waals surface area contributed by atoms with Gasteiger partial charge in [-0.25, -0.2) is 0 Å². The Morgan fingerprint density at radius 2 is 1.11 bits per heavy atom. The van der Waals surface area contributed by atoms with Crippen molar-refractivity contribution in [3.63, 3.8) is 0 Å². The van der Waals surface area contributed by atoms with E-state index in [0.29, 0.717) is 0 Å². The average molecular weight is 245 g/mol. The highest BCUT2D eigenvalue weighted by Crippen LogP contribution is 2.29. The monoisotopic (exact) mass is 245 g/mol. The van der Waals surface area contributed by atoms with Gasteiger partial charge in [-0.05, 0) is 23.3 Å². The summed E-state index contributed by atoms with van der Waals surface area (Å²) in [6.07, 6.45) is 1.86. The zero-order valence-electron chi connectivity index (χ0n) is 10.6. The fourth-order valence-electron chi connectivity index (χ4n) is 2.37. The summed E-state index contributed by atoms with van der Waals surface area (Å²) >= 11 is 0. The molecule has 0 fully saturated rings. The lowest BCUT2D eigenvalue weighted by atomic mass is 9.88. The Labute approximate surface area is 113 Å². The minimum atomic E-state index is 0.198. The molecule has 2 aromatic carbocycles. The van der Waals surface area contributed by atoms with E-state index in [-0.39, 0.29) is 5.92 Å². The molecule has 0 saturated carbocycles. The molecule has 3 rings (SSSR count). The second-order valence-corrected chi connectivity index (χ2v) is 4.51. The molecule has 1 aromatic heterocycles. The van der Waals surface area contributed by atoms with Gasteiger partial charge < -0.3 is 0 Å². The SMILES string of the molecule is c1ccc(C(c2ccccc2)c2ccccn2)cc1. The fraction of sp³-hybridized carbons (Fsp3) is 0.0556. The Kier molecular flexibility index (Phi) is 3.37. The minimum absolute atomic E-state index is 0.198. The number of pyridine rings is 1. The van der Waals surface area contributed by atoms with E-state index in [1.165, 1.54) is 11.1 Å². The van der Waals surface area contributed by atoms with E-state index in [2.05, 4.69) is 59.6 Å². The first-order valence-electron chi connectivity index (χ1n) is 6.46. The van der Waals surface area contributed by atoms with Crippen molar-refractivity contribution in [1.29, 1.82) is 0 Å². The largest absolute Gasteiger partial charge is 0.260 e. The van der Waals surface area contributed by atoms with E-state index >= 15 is 0 Å². The van der Waals surface area contributed by atoms with E-state index in [4.69, 9.17) is 0 Å². The van der Waals surface area contributed by atoms with Gasteiger partial charge in [-0.2, -0.15) is 0 Å². The predicted molar refractivity (Wildman–Crippen MR) is 78.1 cm³/mol. The number of benzene rings is 2. The van der Waals surface area contributed by atoms with Crippen molar-refractivity contribution in [2.24, 2.45) is 0 Å². The zero-order chi connectivity index (χ0) is 12.9. The Balaban J connectivity index is 2.12. The molecule has 1 nitrogen and oxygen atoms in total. The average Bonchev–Trinajstić information content (AvgIpc) is 2.51. The van der Waals surface area contributed by atoms with Crippen LogP contribution in [0.4, 0.5) is 0 Å². The van der Waals surface area contributed by atoms with Gasteiger partial charge >= 0.3 is 0 Å². The molecule has 0 unspecified atom stereocenters. The Bertz CT molecular complexity index is 524. The highest BCUT2D eigenvalue weighted by Gasteiger charge is 2.16. The van der Waals surface area contributed by atoms with E-state index < -0.39 is 0 Å². The lowest BCUT2D eigenvalue weighted by molar-refractivity contribution is 0.919. The van der Waals surface area contributed by atoms with Crippen molar-refractivity contribution in [2.75, 3.05) is 0 Å². The Hall–Kier alpha value is -2.41. The van der Waals surface area contributed by atoms with Crippen molar-refractivity contribution in [2.45, 2.75) is 5.92 Å². The molecule has 0 bridgehead atoms. The maximum atomic E-state index is 4.53. The summed E-state index contributed by atoms with van der Waals surface area (Å²) in [5, 5.41) is 0. The molecular formula is C18H15N. The summed E-state index contributed by atoms with van der Waals surface area (Å²) in [4.78, 5) is 4.53. The molecule has 0 saturated heterocycles. The summed E-state index contributed by atoms with van der Waals surface area (Å²) in [5.74, 6) is 0.198. The van der Waals surface area contributed by atoms with E-state index in [1.807, 2.05) is 30.5 Å². The Morgan fingerprint density at radius 1 is 0.579 bits per heavy atom. The molecular weight excluding hydrogens is 230 g/mol. The quantitative estimate of drug-likeness (QED) is 0.671. The van der Waals surface area contributed by atoms with Crippen LogP contribution < -0.4 is 0 Å². The van der Waals surface area contributed by atoms with Crippen molar-refractivity contribution >= 4 is 0 Å². The second-order valence-electron chi connectivity index (χ2n) is 4.51. The lowest BCUT2D eigenvalue weighted by Gasteiger charge is -2.17. The summed E-state index contributed by atoms with van der Waals surface area (Å²) in [6.45, 7) is 0. The van der Waals surface area contributed by atoms with Crippen molar-refractivity contribution in [3.8, 4) is 0 Å². The second kappa shape index (κ2) is 5.49. The zero-order valence-corrected chi connectivity index (χ0v) is 10.6. The van der Waals surface area contributed by atoms with Crippen molar-refractivity contribution in [1.82, 2.24) is 4.98 Å². The van der Waals surface area contributed by atoms with Gasteiger partial charge in [-0.3, -0.25) is 4.98 Å². The normalized spacial score (nSPS) is 10.6. The molecule has 0 spiro atoms. The third kappa shape index (κ3) is 2.55. The lowest BCUT2D eigenvalue weighted by Crippen LogP contribution is -2.04. The molecule has 0 amide bonds. The minimum Gasteiger partial charge on any atom is -0.260 e. The van der Waals surface area contributed by atoms with Gasteiger partial charge in [0, 0.05) is 6.20 Å². The van der Waals surface area contributed by atoms with Gasteiger partial charge in [0.2, 0.25) is 0 Å². The number of rotatable bonds is 3. The first-order chi connectivity index (χ1) is 9.45. The van der Waals surface area contributed by atoms with Gasteiger partial charge in [0.25, 0.3) is 0 Å². The van der Waals surface area contributed by atoms with Crippen molar-refractivity contribution < 1.29 is 0 Å². The molecule has 92 valence electrons. The van der Waals surface area contributed by atoms with Crippen LogP contribution in [0.25, 0.3) is 0 Å². The third-order valence-corrected chi connectivity index (χ3v) is 3.25. The number of hydrogen-bond donors (Lipinski definition) is 0. The predicted octanol–water partition coefficient (Wildman–Crippen LogP) is 4.26. The van der Waals surface area contributed by atoms with Crippen molar-refractivity contribution in [3.05, 3.63) is 102 Å². The van der Waals surface area contributed by atoms with Gasteiger partial charge in [0.05, 0.1) is 11.6 Å². The van der Waals surface area contributed by atoms with Crippen LogP contribution in [-0.4, -0.2) is 4.98 Å². The standard InChI is InChI=1S/C18H15N/c1-3-9-15(10-4-1)18(16-11-5-2-6-12-16)17-13-7-8-14-19-17/h1-14,18H. The molecule has 3 aromatic rings. The van der Waals surface area contributed by atoms with E-state index in [1.54, 1.807) is 0 Å². The van der Waals surface area contributed by atoms with Crippen LogP contribution in [0.1, 0.15) is 22.7 Å². The summed E-state index contributed by atoms with van der Waals surface area (Å²) in [6, 6.07) is 27.1. The van der Waals surface area contributed by atoms with Gasteiger partial charge in [-0.1, -0.05) is 66.7 Å². The number of aromatic nitrogens is 1. The maximum Gasteiger partial charge on any atom is 0.0522 e. The highest BCUT2D eigenvalue weighted by atomic mass is 14.7. The maximum absolute atomic E-state index is 4.53. The van der Waals surface area contributed by atoms with Gasteiger partial charge in [0.1, 0.15) is 0 Å². The van der Waals surface area contributed by atoms with Crippen LogP contribution >= 0.6 is 0 Å². The van der Waals surface area contributed by atoms with Crippen LogP contribution in [0.2, 0.25) is 0 Å². The Morgan fingerprint density at radius 3 is 1.58 bits per heavy atom. The molecule has 1 heteroatoms. The summed E-state index contributed by atoms with van der Waals surface area (Å²) in [7, 11) is 0. The van der Waals surface area contributed by atoms with Crippen LogP contribution in [0.5, 0.6) is 0 Å². The van der Waals surface area contributed by atoms with Crippen LogP contribution in [0.15, 0.2) is 85.1 Å². The first-order valence-corrected chi connectivity index (χ1v) is 6.46. The number of nitrogens with zero attached hydrogens (tertiary/aromatic N) is 1. The third-order valence-electron chi connectivity index (χ3n) is 3.25. The highest BCUT2D eigenvalue weighted by molar-refractivity contribution is 5.39. The smallest absolute Gasteiger partial charge is 0.0522 e. The first kappa shape index (κ1) is 11.7. The molecule has 0 radical (unpaired) electrons. The molecule has 1 heterocycles. The topological polar surface area (TPSA) is 12.9 Å². The van der Waals surface area contributed by atoms with Crippen LogP contribution in [0, 0.1) is 0 Å². The number of hydrogen-bond acceptors (Lipinski definition) is 1. The molecule has 0 aliphatic heterocycles. The van der Waals surface area contributed by atoms with Crippen LogP contribution in [0.3, 0.4) is 0 Å². The van der Waals surface area contributed by atoms with E-state index in [9.17, 15) is 0 Å².